The minimum atomic E-state index is -5.90. The molecule has 7 nitrogen and oxygen atoms in total. The Kier molecular flexibility index (Phi) is 5.64. The van der Waals surface area contributed by atoms with Crippen LogP contribution in [0.2, 0.25) is 0 Å². The molecule has 1 N–H and O–H groups in total. The van der Waals surface area contributed by atoms with Crippen LogP contribution in [-0.2, 0) is 29.2 Å². The second-order valence-electron chi connectivity index (χ2n) is 10.6. The van der Waals surface area contributed by atoms with Gasteiger partial charge >= 0.3 is 27.3 Å². The second-order valence-corrected chi connectivity index (χ2v) is 12.1. The van der Waals surface area contributed by atoms with Gasteiger partial charge in [-0.05, 0) is 82.0 Å². The molecule has 0 radical (unpaired) electrons. The van der Waals surface area contributed by atoms with Gasteiger partial charge in [0.05, 0.1) is 12.5 Å². The Morgan fingerprint density at radius 2 is 1.65 bits per heavy atom. The Morgan fingerprint density at radius 1 is 1.06 bits per heavy atom. The second kappa shape index (κ2) is 7.64. The molecule has 5 saturated carbocycles. The number of carbonyl (C=O) groups is 2. The lowest BCUT2D eigenvalue weighted by Crippen LogP contribution is -2.59. The Balaban J connectivity index is 1.44. The van der Waals surface area contributed by atoms with Gasteiger partial charge in [0.1, 0.15) is 5.60 Å². The molecular weight excluding hydrogens is 434 g/mol. The quantitative estimate of drug-likeness (QED) is 0.472. The van der Waals surface area contributed by atoms with Crippen molar-refractivity contribution in [2.45, 2.75) is 82.0 Å². The Hall–Kier alpha value is -1.29. The van der Waals surface area contributed by atoms with E-state index in [1.54, 1.807) is 0 Å². The van der Waals surface area contributed by atoms with Crippen LogP contribution < -0.4 is 0 Å². The van der Waals surface area contributed by atoms with E-state index in [-0.39, 0.29) is 30.3 Å². The van der Waals surface area contributed by atoms with E-state index in [1.807, 2.05) is 0 Å². The van der Waals surface area contributed by atoms with Gasteiger partial charge in [-0.25, -0.2) is 4.79 Å². The molecule has 5 aliphatic rings. The van der Waals surface area contributed by atoms with Gasteiger partial charge in [-0.3, -0.25) is 9.35 Å². The number of ether oxygens (including phenoxy) is 2. The van der Waals surface area contributed by atoms with Crippen molar-refractivity contribution in [2.24, 2.45) is 29.1 Å². The Labute approximate surface area is 181 Å². The van der Waals surface area contributed by atoms with Crippen LogP contribution in [0.15, 0.2) is 0 Å². The number of alkyl halides is 2. The van der Waals surface area contributed by atoms with E-state index in [9.17, 15) is 26.8 Å². The van der Waals surface area contributed by atoms with Crippen LogP contribution in [0.4, 0.5) is 8.78 Å². The van der Waals surface area contributed by atoms with E-state index in [2.05, 4.69) is 6.92 Å². The van der Waals surface area contributed by atoms with Crippen LogP contribution in [0.1, 0.15) is 71.1 Å². The summed E-state index contributed by atoms with van der Waals surface area (Å²) in [5, 5.41) is -5.00. The molecule has 0 spiro atoms. The van der Waals surface area contributed by atoms with Crippen molar-refractivity contribution >= 4 is 22.1 Å². The topological polar surface area (TPSA) is 107 Å². The number of hydrogen-bond donors (Lipinski definition) is 1. The summed E-state index contributed by atoms with van der Waals surface area (Å²) in [7, 11) is -5.90. The van der Waals surface area contributed by atoms with E-state index in [0.29, 0.717) is 25.2 Å². The monoisotopic (exact) mass is 464 g/mol. The molecule has 0 aromatic rings. The normalized spacial score (nSPS) is 39.9. The molecule has 5 fully saturated rings. The summed E-state index contributed by atoms with van der Waals surface area (Å²) in [6.07, 6.45) is 7.81. The largest absolute Gasteiger partial charge is 0.465 e. The first-order chi connectivity index (χ1) is 14.3. The maximum absolute atomic E-state index is 13.6. The lowest BCUT2D eigenvalue weighted by atomic mass is 9.48. The van der Waals surface area contributed by atoms with E-state index in [4.69, 9.17) is 14.0 Å². The molecule has 5 aliphatic carbocycles. The standard InChI is InChI=1S/C21H30F2O7S/c1-13-2-4-16(5-3-13)17(24)30-20-9-14-6-15(10-20)8-19(7-14,11-20)12-29-18(25)21(22,23)31(26,27)28/h13-16H,2-12H2,1H3,(H,26,27,28). The average Bonchev–Trinajstić information content (AvgIpc) is 2.64. The first kappa shape index (κ1) is 22.9. The van der Waals surface area contributed by atoms with Crippen LogP contribution >= 0.6 is 0 Å². The highest BCUT2D eigenvalue weighted by Crippen LogP contribution is 2.63. The fourth-order valence-corrected chi connectivity index (χ4v) is 7.12. The molecule has 0 amide bonds. The maximum atomic E-state index is 13.6. The maximum Gasteiger partial charge on any atom is 0.465 e. The fourth-order valence-electron chi connectivity index (χ4n) is 6.85. The van der Waals surface area contributed by atoms with Crippen LogP contribution in [0, 0.1) is 29.1 Å². The van der Waals surface area contributed by atoms with E-state index >= 15 is 0 Å². The summed E-state index contributed by atoms with van der Waals surface area (Å²) in [5.41, 5.74) is -1.28. The predicted molar refractivity (Wildman–Crippen MR) is 105 cm³/mol. The molecule has 10 heteroatoms. The zero-order chi connectivity index (χ0) is 22.7. The molecule has 0 aromatic carbocycles. The third-order valence-electron chi connectivity index (χ3n) is 7.87. The smallest absolute Gasteiger partial charge is 0.460 e. The molecule has 0 saturated heterocycles. The molecule has 31 heavy (non-hydrogen) atoms. The van der Waals surface area contributed by atoms with Gasteiger partial charge in [0.15, 0.2) is 0 Å². The number of hydrogen-bond acceptors (Lipinski definition) is 6. The van der Waals surface area contributed by atoms with Gasteiger partial charge in [0.2, 0.25) is 0 Å². The van der Waals surface area contributed by atoms with Gasteiger partial charge in [0, 0.05) is 5.41 Å². The van der Waals surface area contributed by atoms with Gasteiger partial charge in [0.25, 0.3) is 0 Å². The molecule has 176 valence electrons. The molecule has 5 rings (SSSR count). The molecule has 2 atom stereocenters. The zero-order valence-corrected chi connectivity index (χ0v) is 18.5. The van der Waals surface area contributed by atoms with Crippen LogP contribution in [-0.4, -0.2) is 42.4 Å². The predicted octanol–water partition coefficient (Wildman–Crippen LogP) is 3.72. The molecule has 4 bridgehead atoms. The summed E-state index contributed by atoms with van der Waals surface area (Å²) in [5.74, 6) is -1.44. The van der Waals surface area contributed by atoms with Crippen molar-refractivity contribution in [1.82, 2.24) is 0 Å². The van der Waals surface area contributed by atoms with E-state index < -0.39 is 32.4 Å². The van der Waals surface area contributed by atoms with E-state index in [0.717, 1.165) is 44.9 Å². The molecule has 0 heterocycles. The first-order valence-electron chi connectivity index (χ1n) is 11.1. The van der Waals surface area contributed by atoms with Crippen LogP contribution in [0.5, 0.6) is 0 Å². The van der Waals surface area contributed by atoms with Crippen molar-refractivity contribution in [3.05, 3.63) is 0 Å². The van der Waals surface area contributed by atoms with E-state index in [1.165, 1.54) is 0 Å². The minimum Gasteiger partial charge on any atom is -0.460 e. The molecular formula is C21H30F2O7S. The molecule has 2 unspecified atom stereocenters. The number of halogens is 2. The number of esters is 2. The SMILES string of the molecule is CC1CCC(C(=O)OC23CC4CC(CC(COC(=O)C(F)(F)S(=O)(=O)O)(C4)C2)C3)CC1. The highest BCUT2D eigenvalue weighted by atomic mass is 32.2. The average molecular weight is 465 g/mol. The number of rotatable bonds is 6. The highest BCUT2D eigenvalue weighted by molar-refractivity contribution is 7.87. The van der Waals surface area contributed by atoms with Gasteiger partial charge in [-0.15, -0.1) is 0 Å². The lowest BCUT2D eigenvalue weighted by molar-refractivity contribution is -0.216. The number of carbonyl (C=O) groups excluding carboxylic acids is 2. The third kappa shape index (κ3) is 4.34. The van der Waals surface area contributed by atoms with Crippen molar-refractivity contribution in [3.63, 3.8) is 0 Å². The Morgan fingerprint density at radius 3 is 2.19 bits per heavy atom. The van der Waals surface area contributed by atoms with Crippen LogP contribution in [0.3, 0.4) is 0 Å². The summed E-state index contributed by atoms with van der Waals surface area (Å²) < 4.78 is 68.2. The summed E-state index contributed by atoms with van der Waals surface area (Å²) in [6, 6.07) is 0. The van der Waals surface area contributed by atoms with Gasteiger partial charge < -0.3 is 9.47 Å². The molecule has 0 aromatic heterocycles. The zero-order valence-electron chi connectivity index (χ0n) is 17.6. The van der Waals surface area contributed by atoms with Gasteiger partial charge in [-0.2, -0.15) is 17.2 Å². The highest BCUT2D eigenvalue weighted by Gasteiger charge is 2.61. The summed E-state index contributed by atoms with van der Waals surface area (Å²) in [6.45, 7) is 1.81. The summed E-state index contributed by atoms with van der Waals surface area (Å²) in [4.78, 5) is 24.6. The fraction of sp³-hybridized carbons (Fsp3) is 0.905. The minimum absolute atomic E-state index is 0.105. The van der Waals surface area contributed by atoms with Crippen molar-refractivity contribution < 1.29 is 40.8 Å². The molecule has 0 aliphatic heterocycles. The summed E-state index contributed by atoms with van der Waals surface area (Å²) >= 11 is 0. The van der Waals surface area contributed by atoms with Crippen molar-refractivity contribution in [2.75, 3.05) is 6.61 Å². The first-order valence-corrected chi connectivity index (χ1v) is 12.5. The Bertz CT molecular complexity index is 834. The van der Waals surface area contributed by atoms with Crippen LogP contribution in [0.25, 0.3) is 0 Å². The lowest BCUT2D eigenvalue weighted by Gasteiger charge is -2.61. The third-order valence-corrected chi connectivity index (χ3v) is 8.68. The van der Waals surface area contributed by atoms with Crippen molar-refractivity contribution in [3.8, 4) is 0 Å². The van der Waals surface area contributed by atoms with Gasteiger partial charge in [-0.1, -0.05) is 6.92 Å². The van der Waals surface area contributed by atoms with Crippen molar-refractivity contribution in [1.29, 1.82) is 0 Å².